The summed E-state index contributed by atoms with van der Waals surface area (Å²) in [5, 5.41) is 20.8. The van der Waals surface area contributed by atoms with Crippen molar-refractivity contribution >= 4 is 11.6 Å². The van der Waals surface area contributed by atoms with Crippen molar-refractivity contribution in [2.75, 3.05) is 13.1 Å². The Morgan fingerprint density at radius 1 is 1.11 bits per heavy atom. The highest BCUT2D eigenvalue weighted by molar-refractivity contribution is 5.93. The van der Waals surface area contributed by atoms with Crippen LogP contribution in [-0.4, -0.2) is 39.3 Å². The highest BCUT2D eigenvalue weighted by Gasteiger charge is 2.24. The number of pyridine rings is 1. The predicted octanol–water partition coefficient (Wildman–Crippen LogP) is 2.16. The van der Waals surface area contributed by atoms with Gasteiger partial charge in [0, 0.05) is 31.5 Å². The minimum absolute atomic E-state index is 0.0313. The van der Waals surface area contributed by atoms with Crippen LogP contribution in [0.15, 0.2) is 48.8 Å². The summed E-state index contributed by atoms with van der Waals surface area (Å²) in [5.41, 5.74) is 3.60. The van der Waals surface area contributed by atoms with Crippen LogP contribution in [0.3, 0.4) is 0 Å². The number of carbonyl (C=O) groups excluding carboxylic acids is 1. The average Bonchev–Trinajstić information content (AvgIpc) is 3.34. The Bertz CT molecular complexity index is 1090. The van der Waals surface area contributed by atoms with Crippen LogP contribution in [0, 0.1) is 22.8 Å². The van der Waals surface area contributed by atoms with E-state index in [1.807, 2.05) is 34.9 Å². The maximum Gasteiger partial charge on any atom is 0.271 e. The third-order valence-corrected chi connectivity index (χ3v) is 4.70. The van der Waals surface area contributed by atoms with Gasteiger partial charge in [0.05, 0.1) is 11.6 Å². The fourth-order valence-electron chi connectivity index (χ4n) is 3.24. The first-order chi connectivity index (χ1) is 13.2. The van der Waals surface area contributed by atoms with Gasteiger partial charge in [-0.25, -0.2) is 4.98 Å². The van der Waals surface area contributed by atoms with Crippen molar-refractivity contribution in [2.45, 2.75) is 12.5 Å². The summed E-state index contributed by atoms with van der Waals surface area (Å²) in [6.45, 7) is 1.21. The van der Waals surface area contributed by atoms with Gasteiger partial charge in [0.2, 0.25) is 0 Å². The van der Waals surface area contributed by atoms with Crippen molar-refractivity contribution in [2.24, 2.45) is 0 Å². The topological polar surface area (TPSA) is 97.2 Å². The number of imidazole rings is 1. The molecule has 1 saturated heterocycles. The van der Waals surface area contributed by atoms with Crippen LogP contribution in [0.25, 0.3) is 16.8 Å². The van der Waals surface area contributed by atoms with E-state index in [0.717, 1.165) is 17.5 Å². The van der Waals surface area contributed by atoms with Gasteiger partial charge in [0.25, 0.3) is 5.91 Å². The first-order valence-electron chi connectivity index (χ1n) is 8.61. The summed E-state index contributed by atoms with van der Waals surface area (Å²) in [5.74, 6) is -0.233. The molecule has 1 fully saturated rings. The number of nitrogens with zero attached hydrogens (tertiary/aromatic N) is 5. The molecule has 132 valence electrons. The predicted molar refractivity (Wildman–Crippen MR) is 98.4 cm³/mol. The maximum atomic E-state index is 12.5. The zero-order valence-corrected chi connectivity index (χ0v) is 14.5. The van der Waals surface area contributed by atoms with E-state index in [0.29, 0.717) is 30.0 Å². The van der Waals surface area contributed by atoms with Crippen LogP contribution in [0.4, 0.5) is 0 Å². The van der Waals surface area contributed by atoms with E-state index in [1.54, 1.807) is 23.2 Å². The SMILES string of the molecule is N#Cc1ccc(-c2ccc3nc(C(=O)N[C@@H]4CCN(C#N)C4)cn3c2)cc1. The molecule has 1 aliphatic heterocycles. The first kappa shape index (κ1) is 16.6. The Morgan fingerprint density at radius 3 is 2.59 bits per heavy atom. The molecule has 0 radical (unpaired) electrons. The molecule has 2 aromatic heterocycles. The molecule has 27 heavy (non-hydrogen) atoms. The lowest BCUT2D eigenvalue weighted by atomic mass is 10.1. The normalized spacial score (nSPS) is 16.1. The van der Waals surface area contributed by atoms with E-state index in [-0.39, 0.29) is 11.9 Å². The molecule has 1 amide bonds. The number of hydrogen-bond donors (Lipinski definition) is 1. The molecule has 1 atom stereocenters. The molecule has 4 rings (SSSR count). The molecule has 0 bridgehead atoms. The molecular weight excluding hydrogens is 340 g/mol. The Balaban J connectivity index is 1.54. The van der Waals surface area contributed by atoms with Crippen molar-refractivity contribution in [1.29, 1.82) is 10.5 Å². The van der Waals surface area contributed by atoms with Gasteiger partial charge in [0.15, 0.2) is 6.19 Å². The second-order valence-electron chi connectivity index (χ2n) is 6.50. The lowest BCUT2D eigenvalue weighted by Gasteiger charge is -2.10. The summed E-state index contributed by atoms with van der Waals surface area (Å²) in [7, 11) is 0. The average molecular weight is 356 g/mol. The van der Waals surface area contributed by atoms with Crippen LogP contribution >= 0.6 is 0 Å². The standard InChI is InChI=1S/C20H16N6O/c21-9-14-1-3-15(4-2-14)16-5-6-19-24-18(12-26(19)10-16)20(27)23-17-7-8-25(11-17)13-22/h1-6,10,12,17H,7-8,11H2,(H,23,27)/t17-/m1/s1. The van der Waals surface area contributed by atoms with Crippen LogP contribution in [0.2, 0.25) is 0 Å². The molecule has 7 heteroatoms. The van der Waals surface area contributed by atoms with Crippen LogP contribution in [-0.2, 0) is 0 Å². The Labute approximate surface area is 156 Å². The number of nitriles is 2. The van der Waals surface area contributed by atoms with Gasteiger partial charge in [-0.3, -0.25) is 4.79 Å². The van der Waals surface area contributed by atoms with Gasteiger partial charge in [-0.1, -0.05) is 12.1 Å². The molecule has 3 aromatic rings. The van der Waals surface area contributed by atoms with E-state index in [4.69, 9.17) is 10.5 Å². The molecule has 0 spiro atoms. The Hall–Kier alpha value is -3.84. The quantitative estimate of drug-likeness (QED) is 0.725. The number of likely N-dealkylation sites (tertiary alicyclic amines) is 1. The lowest BCUT2D eigenvalue weighted by Crippen LogP contribution is -2.36. The summed E-state index contributed by atoms with van der Waals surface area (Å²) in [4.78, 5) is 18.5. The lowest BCUT2D eigenvalue weighted by molar-refractivity contribution is 0.0934. The number of nitrogens with one attached hydrogen (secondary N) is 1. The molecule has 1 N–H and O–H groups in total. The number of benzene rings is 1. The number of hydrogen-bond acceptors (Lipinski definition) is 5. The van der Waals surface area contributed by atoms with E-state index in [2.05, 4.69) is 22.6 Å². The van der Waals surface area contributed by atoms with Gasteiger partial charge >= 0.3 is 0 Å². The fourth-order valence-corrected chi connectivity index (χ4v) is 3.24. The van der Waals surface area contributed by atoms with Crippen LogP contribution < -0.4 is 5.32 Å². The smallest absolute Gasteiger partial charge is 0.271 e. The van der Waals surface area contributed by atoms with Crippen molar-refractivity contribution in [3.8, 4) is 23.4 Å². The highest BCUT2D eigenvalue weighted by atomic mass is 16.2. The monoisotopic (exact) mass is 356 g/mol. The molecule has 0 aliphatic carbocycles. The van der Waals surface area contributed by atoms with Crippen LogP contribution in [0.1, 0.15) is 22.5 Å². The summed E-state index contributed by atoms with van der Waals surface area (Å²) in [6.07, 6.45) is 6.47. The number of amides is 1. The minimum Gasteiger partial charge on any atom is -0.346 e. The molecule has 0 saturated carbocycles. The Kier molecular flexibility index (Phi) is 4.19. The van der Waals surface area contributed by atoms with Crippen molar-refractivity contribution < 1.29 is 4.79 Å². The van der Waals surface area contributed by atoms with E-state index in [9.17, 15) is 4.79 Å². The van der Waals surface area contributed by atoms with Crippen molar-refractivity contribution in [1.82, 2.24) is 19.6 Å². The third-order valence-electron chi connectivity index (χ3n) is 4.70. The molecular formula is C20H16N6O. The largest absolute Gasteiger partial charge is 0.346 e. The zero-order chi connectivity index (χ0) is 18.8. The summed E-state index contributed by atoms with van der Waals surface area (Å²) >= 11 is 0. The fraction of sp³-hybridized carbons (Fsp3) is 0.200. The minimum atomic E-state index is -0.233. The van der Waals surface area contributed by atoms with E-state index in [1.165, 1.54) is 0 Å². The molecule has 1 aromatic carbocycles. The zero-order valence-electron chi connectivity index (χ0n) is 14.5. The number of carbonyl (C=O) groups is 1. The third kappa shape index (κ3) is 3.31. The van der Waals surface area contributed by atoms with Gasteiger partial charge < -0.3 is 14.6 Å². The van der Waals surface area contributed by atoms with Crippen LogP contribution in [0.5, 0.6) is 0 Å². The van der Waals surface area contributed by atoms with Gasteiger partial charge in [0.1, 0.15) is 11.3 Å². The Morgan fingerprint density at radius 2 is 1.89 bits per heavy atom. The van der Waals surface area contributed by atoms with Gasteiger partial charge in [-0.05, 0) is 41.8 Å². The summed E-state index contributed by atoms with van der Waals surface area (Å²) < 4.78 is 1.82. The highest BCUT2D eigenvalue weighted by Crippen LogP contribution is 2.21. The first-order valence-corrected chi connectivity index (χ1v) is 8.61. The molecule has 1 aliphatic rings. The molecule has 7 nitrogen and oxygen atoms in total. The number of aromatic nitrogens is 2. The molecule has 0 unspecified atom stereocenters. The number of fused-ring (bicyclic) bond motifs is 1. The summed E-state index contributed by atoms with van der Waals surface area (Å²) in [6, 6.07) is 13.2. The maximum absolute atomic E-state index is 12.5. The second-order valence-corrected chi connectivity index (χ2v) is 6.50. The van der Waals surface area contributed by atoms with Crippen molar-refractivity contribution in [3.63, 3.8) is 0 Å². The second kappa shape index (κ2) is 6.81. The van der Waals surface area contributed by atoms with Gasteiger partial charge in [-0.15, -0.1) is 0 Å². The van der Waals surface area contributed by atoms with E-state index < -0.39 is 0 Å². The van der Waals surface area contributed by atoms with Crippen molar-refractivity contribution in [3.05, 3.63) is 60.0 Å². The molecule has 3 heterocycles. The van der Waals surface area contributed by atoms with Gasteiger partial charge in [-0.2, -0.15) is 10.5 Å². The van der Waals surface area contributed by atoms with E-state index >= 15 is 0 Å². The number of rotatable bonds is 3.